The molecule has 0 aromatic carbocycles. The van der Waals surface area contributed by atoms with E-state index < -0.39 is 11.7 Å². The first-order valence-corrected chi connectivity index (χ1v) is 5.16. The number of aliphatic hydroxyl groups is 1. The average Bonchev–Trinajstić information content (AvgIpc) is 2.56. The van der Waals surface area contributed by atoms with E-state index in [-0.39, 0.29) is 18.3 Å². The molecule has 2 saturated heterocycles. The lowest BCUT2D eigenvalue weighted by Crippen LogP contribution is -2.49. The minimum atomic E-state index is -0.542. The molecular formula is C10H18O4. The fourth-order valence-corrected chi connectivity index (χ4v) is 2.63. The van der Waals surface area contributed by atoms with E-state index in [0.29, 0.717) is 6.61 Å². The molecule has 2 bridgehead atoms. The Morgan fingerprint density at radius 3 is 2.71 bits per heavy atom. The van der Waals surface area contributed by atoms with Gasteiger partial charge in [0.2, 0.25) is 0 Å². The van der Waals surface area contributed by atoms with Crippen LogP contribution in [-0.2, 0) is 14.2 Å². The lowest BCUT2D eigenvalue weighted by atomic mass is 9.90. The highest BCUT2D eigenvalue weighted by Crippen LogP contribution is 2.46. The summed E-state index contributed by atoms with van der Waals surface area (Å²) < 4.78 is 16.6. The first-order chi connectivity index (χ1) is 6.65. The normalized spacial score (nSPS) is 51.4. The third kappa shape index (κ3) is 1.15. The summed E-state index contributed by atoms with van der Waals surface area (Å²) in [7, 11) is 1.63. The molecule has 4 heteroatoms. The van der Waals surface area contributed by atoms with Crippen LogP contribution in [0.1, 0.15) is 20.3 Å². The van der Waals surface area contributed by atoms with Crippen LogP contribution in [0.3, 0.4) is 0 Å². The SMILES string of the molecule is CC[C@]12O[C@@H](C)[C@H](O[C@H]1COC)[C@@H]2O. The molecule has 0 aromatic heterocycles. The summed E-state index contributed by atoms with van der Waals surface area (Å²) in [6.07, 6.45) is -0.0900. The van der Waals surface area contributed by atoms with Gasteiger partial charge in [0.25, 0.3) is 0 Å². The topological polar surface area (TPSA) is 47.9 Å². The smallest absolute Gasteiger partial charge is 0.125 e. The highest BCUT2D eigenvalue weighted by Gasteiger charge is 2.63. The summed E-state index contributed by atoms with van der Waals surface area (Å²) in [5, 5.41) is 10.0. The molecule has 0 aromatic rings. The molecule has 2 fully saturated rings. The summed E-state index contributed by atoms with van der Waals surface area (Å²) in [5.41, 5.74) is -0.542. The third-order valence-electron chi connectivity index (χ3n) is 3.42. The molecule has 0 aliphatic carbocycles. The number of hydrogen-bond donors (Lipinski definition) is 1. The molecule has 0 unspecified atom stereocenters. The zero-order valence-electron chi connectivity index (χ0n) is 8.90. The van der Waals surface area contributed by atoms with Crippen molar-refractivity contribution in [1.82, 2.24) is 0 Å². The minimum absolute atomic E-state index is 0.0157. The second-order valence-corrected chi connectivity index (χ2v) is 4.12. The Balaban J connectivity index is 2.20. The van der Waals surface area contributed by atoms with Gasteiger partial charge in [-0.1, -0.05) is 6.92 Å². The Morgan fingerprint density at radius 1 is 1.50 bits per heavy atom. The Morgan fingerprint density at radius 2 is 2.21 bits per heavy atom. The molecule has 82 valence electrons. The van der Waals surface area contributed by atoms with Gasteiger partial charge in [0.15, 0.2) is 0 Å². The van der Waals surface area contributed by atoms with Crippen molar-refractivity contribution in [3.8, 4) is 0 Å². The van der Waals surface area contributed by atoms with Crippen LogP contribution >= 0.6 is 0 Å². The van der Waals surface area contributed by atoms with Crippen LogP contribution in [0.2, 0.25) is 0 Å². The maximum atomic E-state index is 10.0. The summed E-state index contributed by atoms with van der Waals surface area (Å²) in [4.78, 5) is 0. The second kappa shape index (κ2) is 3.45. The van der Waals surface area contributed by atoms with E-state index in [0.717, 1.165) is 6.42 Å². The van der Waals surface area contributed by atoms with Gasteiger partial charge in [-0.15, -0.1) is 0 Å². The van der Waals surface area contributed by atoms with E-state index in [9.17, 15) is 5.11 Å². The van der Waals surface area contributed by atoms with Gasteiger partial charge in [0.1, 0.15) is 23.9 Å². The van der Waals surface area contributed by atoms with Crippen molar-refractivity contribution in [3.05, 3.63) is 0 Å². The second-order valence-electron chi connectivity index (χ2n) is 4.12. The number of fused-ring (bicyclic) bond motifs is 2. The molecule has 1 N–H and O–H groups in total. The highest BCUT2D eigenvalue weighted by atomic mass is 16.7. The predicted octanol–water partition coefficient (Wildman–Crippen LogP) is 0.329. The average molecular weight is 202 g/mol. The summed E-state index contributed by atoms with van der Waals surface area (Å²) in [5.74, 6) is 0. The van der Waals surface area contributed by atoms with Crippen LogP contribution in [0.25, 0.3) is 0 Å². The molecular weight excluding hydrogens is 184 g/mol. The molecule has 0 amide bonds. The Hall–Kier alpha value is -0.160. The summed E-state index contributed by atoms with van der Waals surface area (Å²) in [6.45, 7) is 4.43. The Bertz CT molecular complexity index is 220. The quantitative estimate of drug-likeness (QED) is 0.716. The number of hydrogen-bond acceptors (Lipinski definition) is 4. The van der Waals surface area contributed by atoms with Crippen molar-refractivity contribution < 1.29 is 19.3 Å². The van der Waals surface area contributed by atoms with Gasteiger partial charge in [-0.2, -0.15) is 0 Å². The first-order valence-electron chi connectivity index (χ1n) is 5.16. The van der Waals surface area contributed by atoms with Crippen molar-refractivity contribution in [1.29, 1.82) is 0 Å². The largest absolute Gasteiger partial charge is 0.387 e. The maximum absolute atomic E-state index is 10.0. The molecule has 2 heterocycles. The zero-order valence-corrected chi connectivity index (χ0v) is 8.90. The van der Waals surface area contributed by atoms with E-state index in [4.69, 9.17) is 14.2 Å². The van der Waals surface area contributed by atoms with Gasteiger partial charge >= 0.3 is 0 Å². The van der Waals surface area contributed by atoms with Crippen LogP contribution in [0.5, 0.6) is 0 Å². The van der Waals surface area contributed by atoms with Crippen LogP contribution in [0, 0.1) is 0 Å². The van der Waals surface area contributed by atoms with Gasteiger partial charge in [0.05, 0.1) is 12.7 Å². The fourth-order valence-electron chi connectivity index (χ4n) is 2.63. The van der Waals surface area contributed by atoms with Crippen molar-refractivity contribution in [3.63, 3.8) is 0 Å². The van der Waals surface area contributed by atoms with Gasteiger partial charge in [0, 0.05) is 7.11 Å². The summed E-state index contributed by atoms with van der Waals surface area (Å²) in [6, 6.07) is 0. The lowest BCUT2D eigenvalue weighted by Gasteiger charge is -2.35. The summed E-state index contributed by atoms with van der Waals surface area (Å²) >= 11 is 0. The number of ether oxygens (including phenoxy) is 3. The minimum Gasteiger partial charge on any atom is -0.387 e. The van der Waals surface area contributed by atoms with Crippen LogP contribution < -0.4 is 0 Å². The van der Waals surface area contributed by atoms with Crippen LogP contribution in [0.15, 0.2) is 0 Å². The molecule has 0 saturated carbocycles. The molecule has 4 nitrogen and oxygen atoms in total. The van der Waals surface area contributed by atoms with Crippen molar-refractivity contribution in [2.45, 2.75) is 50.3 Å². The van der Waals surface area contributed by atoms with Gasteiger partial charge in [-0.25, -0.2) is 0 Å². The van der Waals surface area contributed by atoms with Crippen molar-refractivity contribution in [2.24, 2.45) is 0 Å². The predicted molar refractivity (Wildman–Crippen MR) is 50.1 cm³/mol. The van der Waals surface area contributed by atoms with E-state index in [1.165, 1.54) is 0 Å². The van der Waals surface area contributed by atoms with Crippen LogP contribution in [-0.4, -0.2) is 48.8 Å². The Kier molecular flexibility index (Phi) is 2.55. The Labute approximate surface area is 84.1 Å². The van der Waals surface area contributed by atoms with Gasteiger partial charge in [-0.05, 0) is 13.3 Å². The molecule has 5 atom stereocenters. The maximum Gasteiger partial charge on any atom is 0.125 e. The highest BCUT2D eigenvalue weighted by molar-refractivity contribution is 5.11. The fraction of sp³-hybridized carbons (Fsp3) is 1.00. The standard InChI is InChI=1S/C10H18O4/c1-4-10-7(5-12-3)13-8(9(10)11)6(2)14-10/h6-9,11H,4-5H2,1-3H3/t6-,7-,8-,9-,10-/m0/s1. The van der Waals surface area contributed by atoms with E-state index in [2.05, 4.69) is 0 Å². The van der Waals surface area contributed by atoms with E-state index >= 15 is 0 Å². The van der Waals surface area contributed by atoms with Gasteiger partial charge in [-0.3, -0.25) is 0 Å². The number of methoxy groups -OCH3 is 1. The van der Waals surface area contributed by atoms with E-state index in [1.54, 1.807) is 7.11 Å². The van der Waals surface area contributed by atoms with Gasteiger partial charge < -0.3 is 19.3 Å². The van der Waals surface area contributed by atoms with E-state index in [1.807, 2.05) is 13.8 Å². The molecule has 2 aliphatic heterocycles. The third-order valence-corrected chi connectivity index (χ3v) is 3.42. The van der Waals surface area contributed by atoms with Crippen LogP contribution in [0.4, 0.5) is 0 Å². The van der Waals surface area contributed by atoms with Crippen molar-refractivity contribution >= 4 is 0 Å². The number of aliphatic hydroxyl groups excluding tert-OH is 1. The first kappa shape index (κ1) is 10.4. The zero-order chi connectivity index (χ0) is 10.3. The molecule has 2 aliphatic rings. The molecule has 0 spiro atoms. The monoisotopic (exact) mass is 202 g/mol. The number of rotatable bonds is 3. The van der Waals surface area contributed by atoms with Crippen molar-refractivity contribution in [2.75, 3.05) is 13.7 Å². The lowest BCUT2D eigenvalue weighted by molar-refractivity contribution is -0.195. The molecule has 2 rings (SSSR count). The molecule has 14 heavy (non-hydrogen) atoms. The molecule has 0 radical (unpaired) electrons.